The molecule has 3 nitrogen and oxygen atoms in total. The van der Waals surface area contributed by atoms with Crippen LogP contribution in [0, 0.1) is 5.82 Å². The zero-order chi connectivity index (χ0) is 13.2. The number of benzene rings is 2. The molecular weight excluding hydrogens is 243 g/mol. The average Bonchev–Trinajstić information content (AvgIpc) is 2.74. The van der Waals surface area contributed by atoms with E-state index >= 15 is 0 Å². The number of fused-ring (bicyclic) bond motifs is 1. The van der Waals surface area contributed by atoms with Crippen LogP contribution in [0.15, 0.2) is 48.5 Å². The third kappa shape index (κ3) is 2.22. The lowest BCUT2D eigenvalue weighted by atomic mass is 10.1. The summed E-state index contributed by atoms with van der Waals surface area (Å²) < 4.78 is 13.5. The van der Waals surface area contributed by atoms with Gasteiger partial charge in [0.15, 0.2) is 0 Å². The molecule has 0 spiro atoms. The summed E-state index contributed by atoms with van der Waals surface area (Å²) in [5.41, 5.74) is 2.28. The number of halogens is 1. The second kappa shape index (κ2) is 4.82. The highest BCUT2D eigenvalue weighted by molar-refractivity contribution is 6.02. The molecular formula is C15H13FN2O. The Bertz CT molecular complexity index is 627. The van der Waals surface area contributed by atoms with Gasteiger partial charge in [0.1, 0.15) is 11.9 Å². The van der Waals surface area contributed by atoms with Crippen LogP contribution in [-0.2, 0) is 11.3 Å². The lowest BCUT2D eigenvalue weighted by Gasteiger charge is -2.11. The van der Waals surface area contributed by atoms with Gasteiger partial charge in [-0.1, -0.05) is 36.4 Å². The molecule has 1 amide bonds. The summed E-state index contributed by atoms with van der Waals surface area (Å²) in [4.78, 5) is 11.9. The molecule has 4 heteroatoms. The van der Waals surface area contributed by atoms with E-state index in [0.29, 0.717) is 12.1 Å². The second-order valence-electron chi connectivity index (χ2n) is 4.48. The Hall–Kier alpha value is -2.20. The molecule has 0 saturated carbocycles. The topological polar surface area (TPSA) is 41.1 Å². The first-order valence-electron chi connectivity index (χ1n) is 6.12. The molecule has 2 aromatic rings. The Morgan fingerprint density at radius 2 is 1.84 bits per heavy atom. The van der Waals surface area contributed by atoms with Crippen LogP contribution in [-0.4, -0.2) is 5.91 Å². The fraction of sp³-hybridized carbons (Fsp3) is 0.133. The number of amides is 1. The molecule has 2 N–H and O–H groups in total. The maximum Gasteiger partial charge on any atom is 0.246 e. The van der Waals surface area contributed by atoms with Gasteiger partial charge in [0.25, 0.3) is 0 Å². The highest BCUT2D eigenvalue weighted by atomic mass is 19.1. The number of para-hydroxylation sites is 1. The summed E-state index contributed by atoms with van der Waals surface area (Å²) in [6.07, 6.45) is 0. The molecule has 96 valence electrons. The Kier molecular flexibility index (Phi) is 3.01. The van der Waals surface area contributed by atoms with Gasteiger partial charge >= 0.3 is 0 Å². The number of hydrogen-bond acceptors (Lipinski definition) is 2. The SMILES string of the molecule is O=C1Nc2ccccc2C1NCc1ccccc1F. The molecule has 0 bridgehead atoms. The van der Waals surface area contributed by atoms with E-state index in [9.17, 15) is 9.18 Å². The number of hydrogen-bond donors (Lipinski definition) is 2. The van der Waals surface area contributed by atoms with Gasteiger partial charge in [0, 0.05) is 23.4 Å². The molecule has 19 heavy (non-hydrogen) atoms. The normalized spacial score (nSPS) is 17.1. The molecule has 0 radical (unpaired) electrons. The lowest BCUT2D eigenvalue weighted by molar-refractivity contribution is -0.117. The fourth-order valence-electron chi connectivity index (χ4n) is 2.27. The maximum absolute atomic E-state index is 13.5. The Morgan fingerprint density at radius 3 is 2.68 bits per heavy atom. The number of carbonyl (C=O) groups is 1. The first-order valence-corrected chi connectivity index (χ1v) is 6.12. The van der Waals surface area contributed by atoms with Crippen molar-refractivity contribution < 1.29 is 9.18 Å². The van der Waals surface area contributed by atoms with E-state index in [1.54, 1.807) is 18.2 Å². The quantitative estimate of drug-likeness (QED) is 0.886. The van der Waals surface area contributed by atoms with Gasteiger partial charge in [0.05, 0.1) is 0 Å². The molecule has 1 aliphatic heterocycles. The van der Waals surface area contributed by atoms with Crippen LogP contribution in [0.2, 0.25) is 0 Å². The van der Waals surface area contributed by atoms with Gasteiger partial charge in [-0.25, -0.2) is 4.39 Å². The zero-order valence-electron chi connectivity index (χ0n) is 10.2. The molecule has 2 aromatic carbocycles. The molecule has 1 heterocycles. The lowest BCUT2D eigenvalue weighted by Crippen LogP contribution is -2.27. The first-order chi connectivity index (χ1) is 9.25. The number of rotatable bonds is 3. The molecule has 0 saturated heterocycles. The Labute approximate surface area is 110 Å². The van der Waals surface area contributed by atoms with Gasteiger partial charge in [-0.15, -0.1) is 0 Å². The van der Waals surface area contributed by atoms with Crippen LogP contribution in [0.3, 0.4) is 0 Å². The zero-order valence-corrected chi connectivity index (χ0v) is 10.2. The van der Waals surface area contributed by atoms with Crippen molar-refractivity contribution in [3.05, 3.63) is 65.5 Å². The van der Waals surface area contributed by atoms with Crippen LogP contribution in [0.25, 0.3) is 0 Å². The van der Waals surface area contributed by atoms with Crippen molar-refractivity contribution in [2.45, 2.75) is 12.6 Å². The van der Waals surface area contributed by atoms with Crippen LogP contribution in [0.4, 0.5) is 10.1 Å². The predicted molar refractivity (Wildman–Crippen MR) is 71.1 cm³/mol. The van der Waals surface area contributed by atoms with Crippen LogP contribution < -0.4 is 10.6 Å². The van der Waals surface area contributed by atoms with E-state index in [1.807, 2.05) is 24.3 Å². The predicted octanol–water partition coefficient (Wildman–Crippen LogP) is 2.61. The van der Waals surface area contributed by atoms with Crippen molar-refractivity contribution in [3.63, 3.8) is 0 Å². The second-order valence-corrected chi connectivity index (χ2v) is 4.48. The van der Waals surface area contributed by atoms with Gasteiger partial charge in [-0.05, 0) is 12.1 Å². The molecule has 0 fully saturated rings. The molecule has 1 unspecified atom stereocenters. The first kappa shape index (κ1) is 11.9. The van der Waals surface area contributed by atoms with Crippen molar-refractivity contribution in [1.82, 2.24) is 5.32 Å². The van der Waals surface area contributed by atoms with Gasteiger partial charge in [-0.2, -0.15) is 0 Å². The molecule has 1 atom stereocenters. The van der Waals surface area contributed by atoms with Crippen molar-refractivity contribution >= 4 is 11.6 Å². The van der Waals surface area contributed by atoms with E-state index in [1.165, 1.54) is 6.07 Å². The van der Waals surface area contributed by atoms with Crippen LogP contribution >= 0.6 is 0 Å². The van der Waals surface area contributed by atoms with E-state index in [-0.39, 0.29) is 11.7 Å². The standard InChI is InChI=1S/C15H13FN2O/c16-12-7-3-1-5-10(12)9-17-14-11-6-2-4-8-13(11)18-15(14)19/h1-8,14,17H,9H2,(H,18,19). The highest BCUT2D eigenvalue weighted by Crippen LogP contribution is 2.30. The fourth-order valence-corrected chi connectivity index (χ4v) is 2.27. The average molecular weight is 256 g/mol. The Morgan fingerprint density at radius 1 is 1.11 bits per heavy atom. The minimum Gasteiger partial charge on any atom is -0.324 e. The van der Waals surface area contributed by atoms with E-state index < -0.39 is 6.04 Å². The minimum absolute atomic E-state index is 0.0995. The summed E-state index contributed by atoms with van der Waals surface area (Å²) in [5, 5.41) is 5.90. The summed E-state index contributed by atoms with van der Waals surface area (Å²) >= 11 is 0. The largest absolute Gasteiger partial charge is 0.324 e. The van der Waals surface area contributed by atoms with Gasteiger partial charge in [-0.3, -0.25) is 10.1 Å². The number of nitrogens with one attached hydrogen (secondary N) is 2. The summed E-state index contributed by atoms with van der Waals surface area (Å²) in [5.74, 6) is -0.362. The maximum atomic E-state index is 13.5. The summed E-state index contributed by atoms with van der Waals surface area (Å²) in [7, 11) is 0. The molecule has 0 aromatic heterocycles. The Balaban J connectivity index is 1.78. The highest BCUT2D eigenvalue weighted by Gasteiger charge is 2.29. The number of anilines is 1. The minimum atomic E-state index is -0.421. The summed E-state index contributed by atoms with van der Waals surface area (Å²) in [6, 6.07) is 13.6. The third-order valence-corrected chi connectivity index (χ3v) is 3.25. The van der Waals surface area contributed by atoms with E-state index in [4.69, 9.17) is 0 Å². The van der Waals surface area contributed by atoms with Crippen molar-refractivity contribution in [2.75, 3.05) is 5.32 Å². The summed E-state index contributed by atoms with van der Waals surface area (Å²) in [6.45, 7) is 0.319. The monoisotopic (exact) mass is 256 g/mol. The van der Waals surface area contributed by atoms with Crippen LogP contribution in [0.5, 0.6) is 0 Å². The van der Waals surface area contributed by atoms with Crippen LogP contribution in [0.1, 0.15) is 17.2 Å². The van der Waals surface area contributed by atoms with Crippen molar-refractivity contribution in [2.24, 2.45) is 0 Å². The molecule has 0 aliphatic carbocycles. The van der Waals surface area contributed by atoms with Gasteiger partial charge in [0.2, 0.25) is 5.91 Å². The van der Waals surface area contributed by atoms with Gasteiger partial charge < -0.3 is 5.32 Å². The van der Waals surface area contributed by atoms with E-state index in [2.05, 4.69) is 10.6 Å². The van der Waals surface area contributed by atoms with Crippen molar-refractivity contribution in [1.29, 1.82) is 0 Å². The number of carbonyl (C=O) groups excluding carboxylic acids is 1. The third-order valence-electron chi connectivity index (χ3n) is 3.25. The van der Waals surface area contributed by atoms with E-state index in [0.717, 1.165) is 11.3 Å². The molecule has 3 rings (SSSR count). The molecule has 1 aliphatic rings. The van der Waals surface area contributed by atoms with Crippen molar-refractivity contribution in [3.8, 4) is 0 Å². The smallest absolute Gasteiger partial charge is 0.246 e.